The number of thiophene rings is 1. The number of benzene rings is 2. The van der Waals surface area contributed by atoms with Crippen LogP contribution in [0.5, 0.6) is 0 Å². The van der Waals surface area contributed by atoms with Crippen LogP contribution in [0.15, 0.2) is 70.9 Å². The van der Waals surface area contributed by atoms with Gasteiger partial charge in [0.05, 0.1) is 19.3 Å². The van der Waals surface area contributed by atoms with E-state index in [1.165, 1.54) is 15.6 Å². The van der Waals surface area contributed by atoms with Crippen molar-refractivity contribution in [2.24, 2.45) is 0 Å². The van der Waals surface area contributed by atoms with Crippen molar-refractivity contribution >= 4 is 38.9 Å². The predicted molar refractivity (Wildman–Crippen MR) is 130 cm³/mol. The van der Waals surface area contributed by atoms with Gasteiger partial charge in [-0.25, -0.2) is 8.42 Å². The molecule has 2 aromatic carbocycles. The molecule has 0 aliphatic carbocycles. The Balaban J connectivity index is 1.28. The second-order valence-corrected chi connectivity index (χ2v) is 11.6. The summed E-state index contributed by atoms with van der Waals surface area (Å²) in [6.07, 6.45) is 1.39. The maximum Gasteiger partial charge on any atom is 0.252 e. The second-order valence-electron chi connectivity index (χ2n) is 7.81. The number of nitrogens with zero attached hydrogens (tertiary/aromatic N) is 1. The lowest BCUT2D eigenvalue weighted by atomic mass is 10.1. The topological polar surface area (TPSA) is 75.7 Å². The summed E-state index contributed by atoms with van der Waals surface area (Å²) < 4.78 is 33.9. The Morgan fingerprint density at radius 2 is 1.73 bits per heavy atom. The van der Waals surface area contributed by atoms with Crippen LogP contribution < -0.4 is 5.32 Å². The van der Waals surface area contributed by atoms with Crippen molar-refractivity contribution in [1.29, 1.82) is 0 Å². The summed E-state index contributed by atoms with van der Waals surface area (Å²) in [6.45, 7) is 1.66. The molecule has 0 unspecified atom stereocenters. The highest BCUT2D eigenvalue weighted by molar-refractivity contribution is 7.91. The van der Waals surface area contributed by atoms with Gasteiger partial charge in [-0.2, -0.15) is 4.31 Å². The SMILES string of the molecule is O=C(NCc1ccc(S(=O)(=O)N2CCC(OCc3ccccc3)CC2)s1)c1ccc(Cl)cc1. The molecular weight excluding hydrogens is 480 g/mol. The van der Waals surface area contributed by atoms with E-state index in [9.17, 15) is 13.2 Å². The van der Waals surface area contributed by atoms with Gasteiger partial charge >= 0.3 is 0 Å². The van der Waals surface area contributed by atoms with Crippen molar-refractivity contribution in [2.45, 2.75) is 36.3 Å². The normalized spacial score (nSPS) is 15.4. The molecule has 1 aliphatic heterocycles. The standard InChI is InChI=1S/C24H25ClN2O4S2/c25-20-8-6-19(7-9-20)24(28)26-16-22-10-11-23(32-22)33(29,30)27-14-12-21(13-15-27)31-17-18-4-2-1-3-5-18/h1-11,21H,12-17H2,(H,26,28). The summed E-state index contributed by atoms with van der Waals surface area (Å²) in [5.41, 5.74) is 1.61. The second kappa shape index (κ2) is 10.8. The summed E-state index contributed by atoms with van der Waals surface area (Å²) in [5, 5.41) is 3.38. The Kier molecular flexibility index (Phi) is 7.82. The zero-order valence-electron chi connectivity index (χ0n) is 17.9. The number of piperidine rings is 1. The average molecular weight is 505 g/mol. The molecule has 4 rings (SSSR count). The highest BCUT2D eigenvalue weighted by Gasteiger charge is 2.30. The quantitative estimate of drug-likeness (QED) is 0.482. The molecule has 0 saturated carbocycles. The molecule has 9 heteroatoms. The molecule has 1 aromatic heterocycles. The van der Waals surface area contributed by atoms with Crippen LogP contribution in [-0.4, -0.2) is 37.8 Å². The van der Waals surface area contributed by atoms with Crippen molar-refractivity contribution in [2.75, 3.05) is 13.1 Å². The van der Waals surface area contributed by atoms with E-state index in [0.29, 0.717) is 47.3 Å². The molecular formula is C24H25ClN2O4S2. The van der Waals surface area contributed by atoms with Gasteiger partial charge < -0.3 is 10.1 Å². The van der Waals surface area contributed by atoms with Crippen LogP contribution in [0.2, 0.25) is 5.02 Å². The third-order valence-corrected chi connectivity index (χ3v) is 9.19. The van der Waals surface area contributed by atoms with Crippen LogP contribution in [0.25, 0.3) is 0 Å². The molecule has 0 radical (unpaired) electrons. The molecule has 6 nitrogen and oxygen atoms in total. The number of carbonyl (C=O) groups is 1. The van der Waals surface area contributed by atoms with Crippen molar-refractivity contribution in [3.8, 4) is 0 Å². The van der Waals surface area contributed by atoms with Gasteiger partial charge in [0.1, 0.15) is 4.21 Å². The van der Waals surface area contributed by atoms with E-state index in [-0.39, 0.29) is 18.6 Å². The Morgan fingerprint density at radius 1 is 1.03 bits per heavy atom. The van der Waals surface area contributed by atoms with Gasteiger partial charge in [-0.1, -0.05) is 41.9 Å². The molecule has 1 N–H and O–H groups in total. The number of hydrogen-bond acceptors (Lipinski definition) is 5. The third-order valence-electron chi connectivity index (χ3n) is 5.49. The van der Waals surface area contributed by atoms with E-state index in [4.69, 9.17) is 16.3 Å². The van der Waals surface area contributed by atoms with Gasteiger partial charge in [0.25, 0.3) is 15.9 Å². The highest BCUT2D eigenvalue weighted by atomic mass is 35.5. The molecule has 3 aromatic rings. The maximum absolute atomic E-state index is 13.1. The van der Waals surface area contributed by atoms with E-state index in [0.717, 1.165) is 10.4 Å². The lowest BCUT2D eigenvalue weighted by Gasteiger charge is -2.30. The van der Waals surface area contributed by atoms with Crippen LogP contribution in [-0.2, 0) is 27.9 Å². The lowest BCUT2D eigenvalue weighted by Crippen LogP contribution is -2.40. The van der Waals surface area contributed by atoms with Crippen LogP contribution in [0, 0.1) is 0 Å². The van der Waals surface area contributed by atoms with Crippen molar-refractivity contribution in [3.05, 3.63) is 87.8 Å². The number of halogens is 1. The van der Waals surface area contributed by atoms with Crippen LogP contribution in [0.4, 0.5) is 0 Å². The first kappa shape index (κ1) is 23.9. The highest BCUT2D eigenvalue weighted by Crippen LogP contribution is 2.28. The van der Waals surface area contributed by atoms with Gasteiger partial charge in [-0.3, -0.25) is 4.79 Å². The van der Waals surface area contributed by atoms with Crippen molar-refractivity contribution < 1.29 is 17.9 Å². The number of rotatable bonds is 8. The minimum atomic E-state index is -3.56. The molecule has 174 valence electrons. The number of amides is 1. The Morgan fingerprint density at radius 3 is 2.42 bits per heavy atom. The monoisotopic (exact) mass is 504 g/mol. The molecule has 1 amide bonds. The fraction of sp³-hybridized carbons (Fsp3) is 0.292. The average Bonchev–Trinajstić information content (AvgIpc) is 3.33. The van der Waals surface area contributed by atoms with Gasteiger partial charge in [0.2, 0.25) is 0 Å². The summed E-state index contributed by atoms with van der Waals surface area (Å²) in [5.74, 6) is -0.234. The van der Waals surface area contributed by atoms with Crippen LogP contribution >= 0.6 is 22.9 Å². The zero-order chi connectivity index (χ0) is 23.3. The Labute approximate surface area is 203 Å². The summed E-state index contributed by atoms with van der Waals surface area (Å²) in [7, 11) is -3.56. The fourth-order valence-corrected chi connectivity index (χ4v) is 6.66. The van der Waals surface area contributed by atoms with Crippen LogP contribution in [0.3, 0.4) is 0 Å². The van der Waals surface area contributed by atoms with E-state index in [1.54, 1.807) is 36.4 Å². The number of nitrogens with one attached hydrogen (secondary N) is 1. The molecule has 1 aliphatic rings. The number of carbonyl (C=O) groups excluding carboxylic acids is 1. The molecule has 1 fully saturated rings. The van der Waals surface area contributed by atoms with Crippen molar-refractivity contribution in [3.63, 3.8) is 0 Å². The number of sulfonamides is 1. The van der Waals surface area contributed by atoms with Crippen molar-refractivity contribution in [1.82, 2.24) is 9.62 Å². The van der Waals surface area contributed by atoms with E-state index in [1.807, 2.05) is 30.3 Å². The molecule has 0 spiro atoms. The molecule has 1 saturated heterocycles. The third kappa shape index (κ3) is 6.22. The summed E-state index contributed by atoms with van der Waals surface area (Å²) in [6, 6.07) is 19.9. The largest absolute Gasteiger partial charge is 0.373 e. The summed E-state index contributed by atoms with van der Waals surface area (Å²) in [4.78, 5) is 13.0. The van der Waals surface area contributed by atoms with Gasteiger partial charge in [-0.15, -0.1) is 11.3 Å². The molecule has 0 atom stereocenters. The zero-order valence-corrected chi connectivity index (χ0v) is 20.3. The Bertz CT molecular complexity index is 1170. The molecule has 2 heterocycles. The minimum absolute atomic E-state index is 0.0543. The Hall–Kier alpha value is -2.23. The smallest absolute Gasteiger partial charge is 0.252 e. The predicted octanol–water partition coefficient (Wildman–Crippen LogP) is 4.70. The van der Waals surface area contributed by atoms with Crippen LogP contribution in [0.1, 0.15) is 33.6 Å². The lowest BCUT2D eigenvalue weighted by molar-refractivity contribution is 0.0102. The fourth-order valence-electron chi connectivity index (χ4n) is 3.62. The first-order valence-electron chi connectivity index (χ1n) is 10.7. The summed E-state index contributed by atoms with van der Waals surface area (Å²) >= 11 is 7.03. The maximum atomic E-state index is 13.1. The molecule has 33 heavy (non-hydrogen) atoms. The molecule has 0 bridgehead atoms. The van der Waals surface area contributed by atoms with Gasteiger partial charge in [0, 0.05) is 28.6 Å². The van der Waals surface area contributed by atoms with E-state index < -0.39 is 10.0 Å². The van der Waals surface area contributed by atoms with E-state index >= 15 is 0 Å². The minimum Gasteiger partial charge on any atom is -0.373 e. The van der Waals surface area contributed by atoms with Gasteiger partial charge in [0.15, 0.2) is 0 Å². The van der Waals surface area contributed by atoms with E-state index in [2.05, 4.69) is 5.32 Å². The first-order chi connectivity index (χ1) is 15.9. The number of hydrogen-bond donors (Lipinski definition) is 1. The first-order valence-corrected chi connectivity index (χ1v) is 13.3. The van der Waals surface area contributed by atoms with Gasteiger partial charge in [-0.05, 0) is 54.8 Å². The number of ether oxygens (including phenoxy) is 1.